The van der Waals surface area contributed by atoms with Gasteiger partial charge in [0.25, 0.3) is 5.91 Å². The van der Waals surface area contributed by atoms with E-state index in [-0.39, 0.29) is 5.91 Å². The molecule has 1 aliphatic heterocycles. The van der Waals surface area contributed by atoms with E-state index in [1.807, 2.05) is 30.3 Å². The van der Waals surface area contributed by atoms with E-state index in [0.29, 0.717) is 12.3 Å². The Morgan fingerprint density at radius 2 is 1.79 bits per heavy atom. The molecule has 0 fully saturated rings. The van der Waals surface area contributed by atoms with Crippen LogP contribution in [0.3, 0.4) is 0 Å². The fourth-order valence-electron chi connectivity index (χ4n) is 3.07. The van der Waals surface area contributed by atoms with Crippen LogP contribution < -0.4 is 0 Å². The molecule has 24 heavy (non-hydrogen) atoms. The van der Waals surface area contributed by atoms with E-state index in [1.165, 1.54) is 21.6 Å². The second-order valence-corrected chi connectivity index (χ2v) is 7.18. The number of carbonyl (C=O) groups is 1. The van der Waals surface area contributed by atoms with Crippen LogP contribution in [0.15, 0.2) is 52.5 Å². The van der Waals surface area contributed by atoms with Gasteiger partial charge in [-0.25, -0.2) is 5.01 Å². The van der Waals surface area contributed by atoms with Crippen LogP contribution in [0.1, 0.15) is 28.7 Å². The minimum absolute atomic E-state index is 0.0744. The van der Waals surface area contributed by atoms with Gasteiger partial charge in [-0.3, -0.25) is 4.79 Å². The number of thioether (sulfide) groups is 1. The summed E-state index contributed by atoms with van der Waals surface area (Å²) in [6.07, 6.45) is 0.822. The van der Waals surface area contributed by atoms with Crippen LogP contribution in [0, 0.1) is 20.8 Å². The minimum atomic E-state index is 0.0744. The quantitative estimate of drug-likeness (QED) is 0.777. The van der Waals surface area contributed by atoms with Gasteiger partial charge in [-0.1, -0.05) is 48.0 Å². The SMILES string of the molecule is Cc1cc(C)c(SCC(=O)N2CCC(c3ccccc3)=N2)c(C)c1. The predicted molar refractivity (Wildman–Crippen MR) is 101 cm³/mol. The second-order valence-electron chi connectivity index (χ2n) is 6.20. The van der Waals surface area contributed by atoms with Gasteiger partial charge in [-0.05, 0) is 37.5 Å². The van der Waals surface area contributed by atoms with Crippen LogP contribution in [0.25, 0.3) is 0 Å². The van der Waals surface area contributed by atoms with Gasteiger partial charge in [0.2, 0.25) is 0 Å². The van der Waals surface area contributed by atoms with Crippen molar-refractivity contribution in [1.29, 1.82) is 0 Å². The average molecular weight is 338 g/mol. The van der Waals surface area contributed by atoms with Crippen LogP contribution in [0.4, 0.5) is 0 Å². The first-order valence-electron chi connectivity index (χ1n) is 8.18. The largest absolute Gasteiger partial charge is 0.272 e. The normalized spacial score (nSPS) is 14.0. The Bertz CT molecular complexity index is 760. The number of hydrazone groups is 1. The van der Waals surface area contributed by atoms with Gasteiger partial charge in [0, 0.05) is 11.3 Å². The van der Waals surface area contributed by atoms with Crippen molar-refractivity contribution in [3.05, 3.63) is 64.7 Å². The van der Waals surface area contributed by atoms with Crippen LogP contribution in [-0.4, -0.2) is 28.9 Å². The Morgan fingerprint density at radius 3 is 2.46 bits per heavy atom. The van der Waals surface area contributed by atoms with Crippen molar-refractivity contribution in [2.24, 2.45) is 5.10 Å². The summed E-state index contributed by atoms with van der Waals surface area (Å²) >= 11 is 1.61. The molecule has 0 unspecified atom stereocenters. The average Bonchev–Trinajstić information content (AvgIpc) is 3.04. The van der Waals surface area contributed by atoms with Crippen molar-refractivity contribution >= 4 is 23.4 Å². The zero-order valence-corrected chi connectivity index (χ0v) is 15.2. The van der Waals surface area contributed by atoms with Crippen molar-refractivity contribution in [1.82, 2.24) is 5.01 Å². The number of aryl methyl sites for hydroxylation is 3. The highest BCUT2D eigenvalue weighted by Gasteiger charge is 2.21. The van der Waals surface area contributed by atoms with Gasteiger partial charge in [-0.15, -0.1) is 11.8 Å². The molecule has 0 aromatic heterocycles. The number of rotatable bonds is 4. The van der Waals surface area contributed by atoms with Gasteiger partial charge in [-0.2, -0.15) is 5.10 Å². The molecule has 3 nitrogen and oxygen atoms in total. The molecule has 3 rings (SSSR count). The van der Waals surface area contributed by atoms with E-state index in [2.05, 4.69) is 38.0 Å². The van der Waals surface area contributed by atoms with E-state index in [4.69, 9.17) is 0 Å². The Kier molecular flexibility index (Phi) is 5.05. The fourth-order valence-corrected chi connectivity index (χ4v) is 4.06. The van der Waals surface area contributed by atoms with Gasteiger partial charge in [0.1, 0.15) is 0 Å². The monoisotopic (exact) mass is 338 g/mol. The number of hydrogen-bond donors (Lipinski definition) is 0. The molecule has 124 valence electrons. The first-order valence-corrected chi connectivity index (χ1v) is 9.17. The maximum Gasteiger partial charge on any atom is 0.253 e. The molecule has 1 heterocycles. The van der Waals surface area contributed by atoms with Crippen molar-refractivity contribution < 1.29 is 4.79 Å². The molecule has 1 aliphatic rings. The maximum absolute atomic E-state index is 12.5. The smallest absolute Gasteiger partial charge is 0.253 e. The lowest BCUT2D eigenvalue weighted by Gasteiger charge is -2.13. The topological polar surface area (TPSA) is 32.7 Å². The van der Waals surface area contributed by atoms with Crippen molar-refractivity contribution in [3.8, 4) is 0 Å². The lowest BCUT2D eigenvalue weighted by molar-refractivity contribution is -0.127. The number of hydrogen-bond acceptors (Lipinski definition) is 3. The minimum Gasteiger partial charge on any atom is -0.272 e. The van der Waals surface area contributed by atoms with E-state index >= 15 is 0 Å². The Hall–Kier alpha value is -2.07. The van der Waals surface area contributed by atoms with Gasteiger partial charge >= 0.3 is 0 Å². The highest BCUT2D eigenvalue weighted by atomic mass is 32.2. The van der Waals surface area contributed by atoms with Crippen molar-refractivity contribution in [3.63, 3.8) is 0 Å². The molecular weight excluding hydrogens is 316 g/mol. The lowest BCUT2D eigenvalue weighted by Crippen LogP contribution is -2.25. The summed E-state index contributed by atoms with van der Waals surface area (Å²) in [6, 6.07) is 14.4. The summed E-state index contributed by atoms with van der Waals surface area (Å²) < 4.78 is 0. The number of amides is 1. The van der Waals surface area contributed by atoms with Gasteiger partial charge < -0.3 is 0 Å². The number of carbonyl (C=O) groups excluding carboxylic acids is 1. The summed E-state index contributed by atoms with van der Waals surface area (Å²) in [5.41, 5.74) is 5.83. The van der Waals surface area contributed by atoms with Crippen molar-refractivity contribution in [2.45, 2.75) is 32.1 Å². The number of benzene rings is 2. The maximum atomic E-state index is 12.5. The molecule has 0 radical (unpaired) electrons. The summed E-state index contributed by atoms with van der Waals surface area (Å²) in [4.78, 5) is 13.7. The highest BCUT2D eigenvalue weighted by Crippen LogP contribution is 2.28. The second kappa shape index (κ2) is 7.22. The Morgan fingerprint density at radius 1 is 1.12 bits per heavy atom. The van der Waals surface area contributed by atoms with Gasteiger partial charge in [0.05, 0.1) is 18.0 Å². The molecule has 0 atom stereocenters. The third kappa shape index (κ3) is 3.70. The number of nitrogens with zero attached hydrogens (tertiary/aromatic N) is 2. The molecule has 0 N–H and O–H groups in total. The molecule has 0 saturated heterocycles. The van der Waals surface area contributed by atoms with Crippen LogP contribution >= 0.6 is 11.8 Å². The van der Waals surface area contributed by atoms with E-state index in [1.54, 1.807) is 16.8 Å². The molecular formula is C20H22N2OS. The molecule has 0 bridgehead atoms. The summed E-state index contributed by atoms with van der Waals surface area (Å²) in [5, 5.41) is 6.14. The zero-order chi connectivity index (χ0) is 17.1. The van der Waals surface area contributed by atoms with Crippen LogP contribution in [-0.2, 0) is 4.79 Å². The molecule has 2 aromatic rings. The standard InChI is InChI=1S/C20H22N2OS/c1-14-11-15(2)20(16(3)12-14)24-13-19(23)22-10-9-18(21-22)17-7-5-4-6-8-17/h4-8,11-12H,9-10,13H2,1-3H3. The molecule has 4 heteroatoms. The fraction of sp³-hybridized carbons (Fsp3) is 0.300. The zero-order valence-electron chi connectivity index (χ0n) is 14.4. The third-order valence-electron chi connectivity index (χ3n) is 4.14. The molecule has 0 aliphatic carbocycles. The van der Waals surface area contributed by atoms with E-state index < -0.39 is 0 Å². The lowest BCUT2D eigenvalue weighted by atomic mass is 10.1. The van der Waals surface area contributed by atoms with Gasteiger partial charge in [0.15, 0.2) is 0 Å². The molecule has 2 aromatic carbocycles. The first kappa shape index (κ1) is 16.8. The summed E-state index contributed by atoms with van der Waals surface area (Å²) in [7, 11) is 0. The Balaban J connectivity index is 1.65. The summed E-state index contributed by atoms with van der Waals surface area (Å²) in [6.45, 7) is 6.99. The first-order chi connectivity index (χ1) is 11.5. The third-order valence-corrected chi connectivity index (χ3v) is 5.47. The molecule has 1 amide bonds. The summed E-state index contributed by atoms with van der Waals surface area (Å²) in [5.74, 6) is 0.501. The van der Waals surface area contributed by atoms with Crippen molar-refractivity contribution in [2.75, 3.05) is 12.3 Å². The molecule has 0 saturated carbocycles. The van der Waals surface area contributed by atoms with E-state index in [0.717, 1.165) is 17.7 Å². The molecule has 0 spiro atoms. The Labute approximate surface area is 147 Å². The predicted octanol–water partition coefficient (Wildman–Crippen LogP) is 4.34. The van der Waals surface area contributed by atoms with Crippen LogP contribution in [0.5, 0.6) is 0 Å². The van der Waals surface area contributed by atoms with E-state index in [9.17, 15) is 4.79 Å². The highest BCUT2D eigenvalue weighted by molar-refractivity contribution is 8.00. The van der Waals surface area contributed by atoms with Crippen LogP contribution in [0.2, 0.25) is 0 Å².